The number of nitrogens with zero attached hydrogens (tertiary/aromatic N) is 7. The molecule has 1 N–H and O–H groups in total. The Morgan fingerprint density at radius 2 is 1.85 bits per heavy atom. The Labute approximate surface area is 232 Å². The molecule has 5 rings (SSSR count). The van der Waals surface area contributed by atoms with Gasteiger partial charge in [0, 0.05) is 56.2 Å². The summed E-state index contributed by atoms with van der Waals surface area (Å²) in [5.41, 5.74) is 1.71. The Morgan fingerprint density at radius 1 is 1.07 bits per heavy atom. The van der Waals surface area contributed by atoms with E-state index in [0.29, 0.717) is 36.4 Å². The number of piperazine rings is 1. The highest BCUT2D eigenvalue weighted by atomic mass is 16.6. The molecule has 2 unspecified atom stereocenters. The molecule has 1 fully saturated rings. The number of hydrogen-bond donors (Lipinski definition) is 1. The van der Waals surface area contributed by atoms with E-state index in [1.54, 1.807) is 59.6 Å². The van der Waals surface area contributed by atoms with Gasteiger partial charge in [-0.2, -0.15) is 4.98 Å². The summed E-state index contributed by atoms with van der Waals surface area (Å²) in [4.78, 5) is 43.7. The van der Waals surface area contributed by atoms with E-state index in [2.05, 4.69) is 15.3 Å². The van der Waals surface area contributed by atoms with Gasteiger partial charge in [0.05, 0.1) is 19.7 Å². The quantitative estimate of drug-likeness (QED) is 0.377. The Balaban J connectivity index is 1.40. The molecule has 1 aliphatic rings. The number of amides is 2. The third-order valence-electron chi connectivity index (χ3n) is 6.85. The van der Waals surface area contributed by atoms with Crippen molar-refractivity contribution in [2.75, 3.05) is 31.6 Å². The summed E-state index contributed by atoms with van der Waals surface area (Å²) in [5, 5.41) is 3.12. The van der Waals surface area contributed by atoms with Crippen LogP contribution in [0.1, 0.15) is 24.4 Å². The lowest BCUT2D eigenvalue weighted by Crippen LogP contribution is -2.61. The summed E-state index contributed by atoms with van der Waals surface area (Å²) in [5.74, 6) is 1.86. The molecule has 1 aliphatic heterocycles. The Hall–Kier alpha value is -4.87. The summed E-state index contributed by atoms with van der Waals surface area (Å²) in [7, 11) is 3.50. The lowest BCUT2D eigenvalue weighted by molar-refractivity contribution is -0.123. The lowest BCUT2D eigenvalue weighted by Gasteiger charge is -2.41. The van der Waals surface area contributed by atoms with Crippen molar-refractivity contribution in [2.45, 2.75) is 25.9 Å². The van der Waals surface area contributed by atoms with Crippen LogP contribution >= 0.6 is 0 Å². The van der Waals surface area contributed by atoms with Crippen LogP contribution in [0.2, 0.25) is 0 Å². The topological polar surface area (TPSA) is 120 Å². The first kappa shape index (κ1) is 26.7. The van der Waals surface area contributed by atoms with Crippen LogP contribution in [0.15, 0.2) is 67.4 Å². The highest BCUT2D eigenvalue weighted by molar-refractivity contribution is 5.87. The van der Waals surface area contributed by atoms with Gasteiger partial charge >= 0.3 is 6.09 Å². The van der Waals surface area contributed by atoms with E-state index < -0.39 is 12.1 Å². The number of imidazole rings is 1. The molecule has 4 aromatic rings. The summed E-state index contributed by atoms with van der Waals surface area (Å²) in [6.45, 7) is 4.64. The fourth-order valence-electron chi connectivity index (χ4n) is 4.74. The van der Waals surface area contributed by atoms with Crippen molar-refractivity contribution < 1.29 is 19.1 Å². The fraction of sp³-hybridized carbons (Fsp3) is 0.321. The first-order valence-electron chi connectivity index (χ1n) is 13.0. The van der Waals surface area contributed by atoms with Crippen LogP contribution < -0.4 is 19.7 Å². The van der Waals surface area contributed by atoms with Gasteiger partial charge in [-0.15, -0.1) is 0 Å². The van der Waals surface area contributed by atoms with E-state index in [9.17, 15) is 9.59 Å². The molecule has 1 saturated heterocycles. The Bertz CT molecular complexity index is 1470. The summed E-state index contributed by atoms with van der Waals surface area (Å²) >= 11 is 0. The highest BCUT2D eigenvalue weighted by Crippen LogP contribution is 2.24. The van der Waals surface area contributed by atoms with E-state index in [1.165, 1.54) is 0 Å². The molecule has 3 aromatic heterocycles. The number of rotatable bonds is 7. The van der Waals surface area contributed by atoms with Crippen molar-refractivity contribution in [1.82, 2.24) is 34.3 Å². The number of nitrogens with one attached hydrogen (secondary N) is 1. The van der Waals surface area contributed by atoms with Crippen molar-refractivity contribution in [3.63, 3.8) is 0 Å². The first-order valence-corrected chi connectivity index (χ1v) is 13.0. The fourth-order valence-corrected chi connectivity index (χ4v) is 4.74. The van der Waals surface area contributed by atoms with E-state index in [4.69, 9.17) is 14.5 Å². The van der Waals surface area contributed by atoms with Gasteiger partial charge in [0.1, 0.15) is 29.7 Å². The number of aromatic nitrogens is 5. The van der Waals surface area contributed by atoms with Gasteiger partial charge in [0.2, 0.25) is 11.9 Å². The normalized spacial score (nSPS) is 15.9. The molecule has 0 aliphatic carbocycles. The number of ether oxygens (including phenoxy) is 2. The standard InChI is InChI=1S/C28H32N8O4/c1-19-16-25(32-27(30-19)35-13-11-29-18-35)36-15-14-34(28(38)40-22-9-7-21(39-4)8-10-22)17-24(36)26(37)31-20(2)23-6-5-12-33(23)3/h5-13,16,18,20,24H,14-15,17H2,1-4H3,(H,31,37). The van der Waals surface area contributed by atoms with Crippen LogP contribution in [0.3, 0.4) is 0 Å². The Kier molecular flexibility index (Phi) is 7.67. The molecule has 1 aromatic carbocycles. The van der Waals surface area contributed by atoms with E-state index in [0.717, 1.165) is 11.4 Å². The Morgan fingerprint density at radius 3 is 2.52 bits per heavy atom. The average Bonchev–Trinajstić information content (AvgIpc) is 3.65. The van der Waals surface area contributed by atoms with Gasteiger partial charge in [-0.3, -0.25) is 9.36 Å². The van der Waals surface area contributed by atoms with E-state index >= 15 is 0 Å². The third kappa shape index (κ3) is 5.75. The van der Waals surface area contributed by atoms with Gasteiger partial charge in [-0.05, 0) is 50.2 Å². The number of hydrogen-bond acceptors (Lipinski definition) is 8. The van der Waals surface area contributed by atoms with Gasteiger partial charge in [-0.1, -0.05) is 0 Å². The number of anilines is 1. The molecular formula is C28H32N8O4. The minimum Gasteiger partial charge on any atom is -0.497 e. The molecule has 12 heteroatoms. The van der Waals surface area contributed by atoms with Crippen molar-refractivity contribution in [3.8, 4) is 17.4 Å². The van der Waals surface area contributed by atoms with Crippen molar-refractivity contribution >= 4 is 17.8 Å². The maximum atomic E-state index is 13.8. The van der Waals surface area contributed by atoms with Crippen LogP contribution in [0, 0.1) is 6.92 Å². The van der Waals surface area contributed by atoms with E-state index in [1.807, 2.05) is 54.8 Å². The number of carbonyl (C=O) groups is 2. The zero-order valence-electron chi connectivity index (χ0n) is 22.9. The van der Waals surface area contributed by atoms with Crippen molar-refractivity contribution in [1.29, 1.82) is 0 Å². The average molecular weight is 545 g/mol. The van der Waals surface area contributed by atoms with Crippen LogP contribution in [0.5, 0.6) is 11.5 Å². The van der Waals surface area contributed by atoms with Gasteiger partial charge in [-0.25, -0.2) is 14.8 Å². The largest absolute Gasteiger partial charge is 0.497 e. The predicted octanol–water partition coefficient (Wildman–Crippen LogP) is 2.88. The first-order chi connectivity index (χ1) is 19.3. The summed E-state index contributed by atoms with van der Waals surface area (Å²) in [6, 6.07) is 11.5. The SMILES string of the molecule is COc1ccc(OC(=O)N2CCN(c3cc(C)nc(-n4ccnc4)n3)C(C(=O)NC(C)c3cccn3C)C2)cc1. The molecule has 12 nitrogen and oxygen atoms in total. The third-order valence-corrected chi connectivity index (χ3v) is 6.85. The van der Waals surface area contributed by atoms with E-state index in [-0.39, 0.29) is 18.5 Å². The number of carbonyl (C=O) groups excluding carboxylic acids is 2. The number of aryl methyl sites for hydroxylation is 2. The molecule has 2 atom stereocenters. The lowest BCUT2D eigenvalue weighted by atomic mass is 10.1. The molecule has 0 saturated carbocycles. The second-order valence-electron chi connectivity index (χ2n) is 9.61. The second-order valence-corrected chi connectivity index (χ2v) is 9.61. The zero-order valence-corrected chi connectivity index (χ0v) is 22.9. The monoisotopic (exact) mass is 544 g/mol. The molecule has 40 heavy (non-hydrogen) atoms. The van der Waals surface area contributed by atoms with Crippen molar-refractivity contribution in [3.05, 3.63) is 78.8 Å². The summed E-state index contributed by atoms with van der Waals surface area (Å²) in [6.07, 6.45) is 6.44. The number of methoxy groups -OCH3 is 1. The molecule has 2 amide bonds. The molecule has 0 bridgehead atoms. The van der Waals surface area contributed by atoms with Crippen molar-refractivity contribution in [2.24, 2.45) is 7.05 Å². The second kappa shape index (κ2) is 11.5. The van der Waals surface area contributed by atoms with Crippen LogP contribution in [0.4, 0.5) is 10.6 Å². The van der Waals surface area contributed by atoms with Crippen LogP contribution in [-0.4, -0.2) is 73.8 Å². The molecular weight excluding hydrogens is 512 g/mol. The maximum Gasteiger partial charge on any atom is 0.415 e. The zero-order chi connectivity index (χ0) is 28.2. The van der Waals surface area contributed by atoms with Crippen LogP contribution in [0.25, 0.3) is 5.95 Å². The predicted molar refractivity (Wildman–Crippen MR) is 148 cm³/mol. The summed E-state index contributed by atoms with van der Waals surface area (Å²) < 4.78 is 14.5. The minimum absolute atomic E-state index is 0.115. The molecule has 0 spiro atoms. The van der Waals surface area contributed by atoms with Gasteiger partial charge in [0.15, 0.2) is 0 Å². The smallest absolute Gasteiger partial charge is 0.415 e. The minimum atomic E-state index is -0.718. The number of benzene rings is 1. The molecule has 0 radical (unpaired) electrons. The molecule has 208 valence electrons. The maximum absolute atomic E-state index is 13.8. The van der Waals surface area contributed by atoms with Crippen LogP contribution in [-0.2, 0) is 11.8 Å². The molecule has 4 heterocycles. The van der Waals surface area contributed by atoms with Gasteiger partial charge < -0.3 is 29.2 Å². The van der Waals surface area contributed by atoms with Gasteiger partial charge in [0.25, 0.3) is 0 Å². The highest BCUT2D eigenvalue weighted by Gasteiger charge is 2.37.